The number of hydrogen-bond donors (Lipinski definition) is 0. The lowest BCUT2D eigenvalue weighted by Gasteiger charge is -2.09. The molecule has 20 heavy (non-hydrogen) atoms. The molecule has 5 heteroatoms. The van der Waals surface area contributed by atoms with Crippen LogP contribution in [0.5, 0.6) is 11.5 Å². The van der Waals surface area contributed by atoms with E-state index in [4.69, 9.17) is 21.1 Å². The minimum atomic E-state index is -0.463. The molecule has 2 aromatic carbocycles. The van der Waals surface area contributed by atoms with Gasteiger partial charge in [-0.3, -0.25) is 0 Å². The summed E-state index contributed by atoms with van der Waals surface area (Å²) in [6.07, 6.45) is 0. The van der Waals surface area contributed by atoms with E-state index in [1.807, 2.05) is 19.1 Å². The smallest absolute Gasteiger partial charge is 0.349 e. The maximum absolute atomic E-state index is 11.7. The second-order valence-electron chi connectivity index (χ2n) is 4.13. The Bertz CT molecular complexity index is 611. The van der Waals surface area contributed by atoms with Crippen molar-refractivity contribution in [2.45, 2.75) is 6.92 Å². The Morgan fingerprint density at radius 3 is 2.55 bits per heavy atom. The summed E-state index contributed by atoms with van der Waals surface area (Å²) in [5.41, 5.74) is 0.943. The van der Waals surface area contributed by atoms with Gasteiger partial charge in [0.1, 0.15) is 11.5 Å². The molecule has 0 amide bonds. The topological polar surface area (TPSA) is 35.5 Å². The van der Waals surface area contributed by atoms with Gasteiger partial charge >= 0.3 is 5.97 Å². The van der Waals surface area contributed by atoms with Gasteiger partial charge in [0.25, 0.3) is 0 Å². The average molecular weight is 356 g/mol. The lowest BCUT2D eigenvalue weighted by molar-refractivity contribution is -0.136. The van der Waals surface area contributed by atoms with Gasteiger partial charge in [-0.2, -0.15) is 0 Å². The molecule has 0 saturated heterocycles. The zero-order chi connectivity index (χ0) is 14.5. The van der Waals surface area contributed by atoms with E-state index in [0.29, 0.717) is 16.5 Å². The van der Waals surface area contributed by atoms with Gasteiger partial charge < -0.3 is 9.47 Å². The minimum Gasteiger partial charge on any atom is -0.482 e. The number of ether oxygens (including phenoxy) is 2. The zero-order valence-corrected chi connectivity index (χ0v) is 13.1. The predicted octanol–water partition coefficient (Wildman–Crippen LogP) is 4.40. The third-order valence-electron chi connectivity index (χ3n) is 2.53. The van der Waals surface area contributed by atoms with Crippen LogP contribution in [0.2, 0.25) is 5.02 Å². The van der Waals surface area contributed by atoms with Crippen LogP contribution in [0.15, 0.2) is 46.9 Å². The summed E-state index contributed by atoms with van der Waals surface area (Å²) in [7, 11) is 0. The third kappa shape index (κ3) is 4.25. The summed E-state index contributed by atoms with van der Waals surface area (Å²) in [5, 5.41) is 0.589. The maximum atomic E-state index is 11.7. The Kier molecular flexibility index (Phi) is 5.04. The molecule has 0 aliphatic heterocycles. The first-order valence-corrected chi connectivity index (χ1v) is 7.07. The minimum absolute atomic E-state index is 0.148. The fourth-order valence-corrected chi connectivity index (χ4v) is 2.18. The molecule has 0 saturated carbocycles. The van der Waals surface area contributed by atoms with Gasteiger partial charge in [0, 0.05) is 9.50 Å². The molecule has 3 nitrogen and oxygen atoms in total. The summed E-state index contributed by atoms with van der Waals surface area (Å²) < 4.78 is 11.5. The molecule has 0 heterocycles. The molecule has 0 aliphatic rings. The summed E-state index contributed by atoms with van der Waals surface area (Å²) in [5.74, 6) is 0.631. The number of hydrogen-bond acceptors (Lipinski definition) is 3. The lowest BCUT2D eigenvalue weighted by atomic mass is 10.2. The normalized spacial score (nSPS) is 10.2. The number of benzene rings is 2. The Morgan fingerprint density at radius 1 is 1.20 bits per heavy atom. The van der Waals surface area contributed by atoms with Crippen molar-refractivity contribution >= 4 is 33.5 Å². The molecule has 104 valence electrons. The molecule has 0 atom stereocenters. The quantitative estimate of drug-likeness (QED) is 0.602. The van der Waals surface area contributed by atoms with Crippen LogP contribution in [0.25, 0.3) is 0 Å². The van der Waals surface area contributed by atoms with Gasteiger partial charge in [0.05, 0.1) is 0 Å². The maximum Gasteiger partial charge on any atom is 0.349 e. The molecule has 0 fully saturated rings. The molecule has 0 unspecified atom stereocenters. The Hall–Kier alpha value is -1.52. The second-order valence-corrected chi connectivity index (χ2v) is 5.48. The van der Waals surface area contributed by atoms with Crippen molar-refractivity contribution in [2.75, 3.05) is 6.61 Å². The van der Waals surface area contributed by atoms with Crippen molar-refractivity contribution in [3.8, 4) is 11.5 Å². The van der Waals surface area contributed by atoms with Crippen molar-refractivity contribution < 1.29 is 14.3 Å². The van der Waals surface area contributed by atoms with Crippen molar-refractivity contribution in [2.24, 2.45) is 0 Å². The number of carbonyl (C=O) groups excluding carboxylic acids is 1. The fraction of sp³-hybridized carbons (Fsp3) is 0.133. The first kappa shape index (κ1) is 14.9. The number of halogens is 2. The molecule has 0 aliphatic carbocycles. The second kappa shape index (κ2) is 6.77. The summed E-state index contributed by atoms with van der Waals surface area (Å²) in [6.45, 7) is 1.76. The van der Waals surface area contributed by atoms with Gasteiger partial charge in [-0.05, 0) is 55.0 Å². The molecular weight excluding hydrogens is 344 g/mol. The monoisotopic (exact) mass is 354 g/mol. The van der Waals surface area contributed by atoms with Crippen LogP contribution in [-0.4, -0.2) is 12.6 Å². The average Bonchev–Trinajstić information content (AvgIpc) is 2.40. The van der Waals surface area contributed by atoms with Crippen LogP contribution in [-0.2, 0) is 4.79 Å². The standard InChI is InChI=1S/C15H12BrClO3/c1-10-8-11(16)2-7-14(10)19-9-15(18)20-13-5-3-12(17)4-6-13/h2-8H,9H2,1H3. The van der Waals surface area contributed by atoms with Gasteiger partial charge in [-0.15, -0.1) is 0 Å². The van der Waals surface area contributed by atoms with Crippen molar-refractivity contribution in [1.29, 1.82) is 0 Å². The van der Waals surface area contributed by atoms with Gasteiger partial charge in [-0.25, -0.2) is 4.79 Å². The van der Waals surface area contributed by atoms with Crippen LogP contribution in [0.1, 0.15) is 5.56 Å². The van der Waals surface area contributed by atoms with Gasteiger partial charge in [0.2, 0.25) is 0 Å². The molecule has 2 aromatic rings. The van der Waals surface area contributed by atoms with Gasteiger partial charge in [-0.1, -0.05) is 27.5 Å². The van der Waals surface area contributed by atoms with E-state index in [0.717, 1.165) is 10.0 Å². The largest absolute Gasteiger partial charge is 0.482 e. The Balaban J connectivity index is 1.90. The predicted molar refractivity (Wildman–Crippen MR) is 81.5 cm³/mol. The van der Waals surface area contributed by atoms with Crippen molar-refractivity contribution in [3.05, 3.63) is 57.5 Å². The highest BCUT2D eigenvalue weighted by Gasteiger charge is 2.07. The van der Waals surface area contributed by atoms with E-state index < -0.39 is 5.97 Å². The first-order valence-electron chi connectivity index (χ1n) is 5.90. The number of rotatable bonds is 4. The molecule has 0 radical (unpaired) electrons. The molecule has 0 bridgehead atoms. The van der Waals surface area contributed by atoms with E-state index in [1.165, 1.54) is 0 Å². The van der Waals surface area contributed by atoms with Gasteiger partial charge in [0.15, 0.2) is 6.61 Å². The molecular formula is C15H12BrClO3. The highest BCUT2D eigenvalue weighted by Crippen LogP contribution is 2.22. The van der Waals surface area contributed by atoms with E-state index in [1.54, 1.807) is 30.3 Å². The zero-order valence-electron chi connectivity index (χ0n) is 10.7. The highest BCUT2D eigenvalue weighted by atomic mass is 79.9. The first-order chi connectivity index (χ1) is 9.54. The van der Waals surface area contributed by atoms with E-state index in [2.05, 4.69) is 15.9 Å². The molecule has 0 N–H and O–H groups in total. The summed E-state index contributed by atoms with van der Waals surface area (Å²) in [6, 6.07) is 12.1. The lowest BCUT2D eigenvalue weighted by Crippen LogP contribution is -2.17. The highest BCUT2D eigenvalue weighted by molar-refractivity contribution is 9.10. The van der Waals surface area contributed by atoms with E-state index in [9.17, 15) is 4.79 Å². The Labute approximate surface area is 130 Å². The van der Waals surface area contributed by atoms with Crippen LogP contribution in [0.4, 0.5) is 0 Å². The summed E-state index contributed by atoms with van der Waals surface area (Å²) >= 11 is 9.12. The van der Waals surface area contributed by atoms with E-state index >= 15 is 0 Å². The van der Waals surface area contributed by atoms with E-state index in [-0.39, 0.29) is 6.61 Å². The number of aryl methyl sites for hydroxylation is 1. The Morgan fingerprint density at radius 2 is 1.90 bits per heavy atom. The van der Waals surface area contributed by atoms with Crippen molar-refractivity contribution in [1.82, 2.24) is 0 Å². The summed E-state index contributed by atoms with van der Waals surface area (Å²) in [4.78, 5) is 11.7. The third-order valence-corrected chi connectivity index (χ3v) is 3.27. The van der Waals surface area contributed by atoms with Crippen LogP contribution in [0.3, 0.4) is 0 Å². The molecule has 0 aromatic heterocycles. The molecule has 0 spiro atoms. The number of esters is 1. The fourth-order valence-electron chi connectivity index (χ4n) is 1.57. The van der Waals surface area contributed by atoms with Crippen molar-refractivity contribution in [3.63, 3.8) is 0 Å². The van der Waals surface area contributed by atoms with Crippen LogP contribution >= 0.6 is 27.5 Å². The van der Waals surface area contributed by atoms with Crippen LogP contribution in [0, 0.1) is 6.92 Å². The SMILES string of the molecule is Cc1cc(Br)ccc1OCC(=O)Oc1ccc(Cl)cc1. The number of carbonyl (C=O) groups is 1. The van der Waals surface area contributed by atoms with Crippen LogP contribution < -0.4 is 9.47 Å². The molecule has 2 rings (SSSR count).